The summed E-state index contributed by atoms with van der Waals surface area (Å²) in [5.74, 6) is -0.0595. The summed E-state index contributed by atoms with van der Waals surface area (Å²) in [7, 11) is 3.98. The molecule has 1 aliphatic rings. The number of aryl methyl sites for hydroxylation is 1. The van der Waals surface area contributed by atoms with Gasteiger partial charge >= 0.3 is 0 Å². The Bertz CT molecular complexity index is 744. The van der Waals surface area contributed by atoms with Crippen LogP contribution in [0.15, 0.2) is 29.8 Å². The highest BCUT2D eigenvalue weighted by molar-refractivity contribution is 7.13. The average Bonchev–Trinajstić information content (AvgIpc) is 3.22. The first-order valence-corrected chi connectivity index (χ1v) is 9.69. The lowest BCUT2D eigenvalue weighted by Crippen LogP contribution is -2.44. The normalized spacial score (nSPS) is 21.1. The molecule has 2 heterocycles. The first-order valence-electron chi connectivity index (χ1n) is 8.81. The van der Waals surface area contributed by atoms with Crippen molar-refractivity contribution in [1.82, 2.24) is 20.5 Å². The smallest absolute Gasteiger partial charge is 0.237 e. The minimum atomic E-state index is -0.444. The molecule has 1 aromatic carbocycles. The van der Waals surface area contributed by atoms with Crippen molar-refractivity contribution >= 4 is 17.2 Å². The van der Waals surface area contributed by atoms with Gasteiger partial charge in [-0.05, 0) is 38.6 Å². The van der Waals surface area contributed by atoms with Gasteiger partial charge in [-0.3, -0.25) is 4.79 Å². The third kappa shape index (κ3) is 4.48. The molecule has 0 bridgehead atoms. The number of β-amino-alcohol motifs (C(OH)–C–C–N with tert-alkyl or cyclic N) is 1. The maximum Gasteiger partial charge on any atom is 0.237 e. The van der Waals surface area contributed by atoms with Gasteiger partial charge in [-0.25, -0.2) is 4.98 Å². The Morgan fingerprint density at radius 3 is 2.69 bits per heavy atom. The standard InChI is InChI=1S/C19H26N4O2S/c1-12-18(26-11-21-12)14-6-4-13(5-7-14)17(10-23(2)3)22-19(25)16-8-15(24)9-20-16/h4-7,11,15-17,20,24H,8-10H2,1-3H3,(H,22,25)/t15?,16?,17-/m0/s1. The van der Waals surface area contributed by atoms with E-state index in [1.165, 1.54) is 4.88 Å². The predicted octanol–water partition coefficient (Wildman–Crippen LogP) is 1.56. The van der Waals surface area contributed by atoms with Crippen molar-refractivity contribution in [3.05, 3.63) is 41.0 Å². The summed E-state index contributed by atoms with van der Waals surface area (Å²) in [5.41, 5.74) is 5.10. The summed E-state index contributed by atoms with van der Waals surface area (Å²) in [5, 5.41) is 15.8. The van der Waals surface area contributed by atoms with Crippen LogP contribution in [0.4, 0.5) is 0 Å². The zero-order valence-corrected chi connectivity index (χ0v) is 16.2. The van der Waals surface area contributed by atoms with Crippen LogP contribution in [0, 0.1) is 6.92 Å². The molecule has 2 unspecified atom stereocenters. The zero-order chi connectivity index (χ0) is 18.7. The van der Waals surface area contributed by atoms with Crippen LogP contribution in [0.1, 0.15) is 23.7 Å². The van der Waals surface area contributed by atoms with Crippen molar-refractivity contribution in [3.8, 4) is 10.4 Å². The van der Waals surface area contributed by atoms with Crippen LogP contribution in [0.25, 0.3) is 10.4 Å². The lowest BCUT2D eigenvalue weighted by molar-refractivity contribution is -0.123. The van der Waals surface area contributed by atoms with Crippen molar-refractivity contribution < 1.29 is 9.90 Å². The van der Waals surface area contributed by atoms with Gasteiger partial charge in [-0.1, -0.05) is 24.3 Å². The van der Waals surface area contributed by atoms with Crippen LogP contribution < -0.4 is 10.6 Å². The van der Waals surface area contributed by atoms with Gasteiger partial charge in [0.05, 0.1) is 34.3 Å². The van der Waals surface area contributed by atoms with Crippen LogP contribution in [0.5, 0.6) is 0 Å². The van der Waals surface area contributed by atoms with Gasteiger partial charge in [0.2, 0.25) is 5.91 Å². The predicted molar refractivity (Wildman–Crippen MR) is 104 cm³/mol. The molecule has 0 spiro atoms. The van der Waals surface area contributed by atoms with Crippen LogP contribution in [0.2, 0.25) is 0 Å². The summed E-state index contributed by atoms with van der Waals surface area (Å²) in [6.45, 7) is 3.19. The Morgan fingerprint density at radius 1 is 1.42 bits per heavy atom. The third-order valence-electron chi connectivity index (χ3n) is 4.61. The molecule has 0 radical (unpaired) electrons. The molecule has 1 fully saturated rings. The van der Waals surface area contributed by atoms with Gasteiger partial charge in [-0.15, -0.1) is 11.3 Å². The molecule has 1 aliphatic heterocycles. The van der Waals surface area contributed by atoms with E-state index < -0.39 is 6.10 Å². The topological polar surface area (TPSA) is 77.5 Å². The molecule has 3 rings (SSSR count). The van der Waals surface area contributed by atoms with Crippen LogP contribution in [-0.4, -0.2) is 60.2 Å². The molecule has 1 aromatic heterocycles. The monoisotopic (exact) mass is 374 g/mol. The summed E-state index contributed by atoms with van der Waals surface area (Å²) >= 11 is 1.63. The molecule has 2 aromatic rings. The highest BCUT2D eigenvalue weighted by Crippen LogP contribution is 2.28. The lowest BCUT2D eigenvalue weighted by Gasteiger charge is -2.24. The van der Waals surface area contributed by atoms with E-state index in [1.807, 2.05) is 26.5 Å². The van der Waals surface area contributed by atoms with E-state index in [9.17, 15) is 9.90 Å². The fourth-order valence-corrected chi connectivity index (χ4v) is 4.05. The van der Waals surface area contributed by atoms with Crippen LogP contribution in [-0.2, 0) is 4.79 Å². The van der Waals surface area contributed by atoms with Gasteiger partial charge in [0.15, 0.2) is 0 Å². The van der Waals surface area contributed by atoms with E-state index in [1.54, 1.807) is 11.3 Å². The number of carbonyl (C=O) groups is 1. The molecule has 140 valence electrons. The van der Waals surface area contributed by atoms with Gasteiger partial charge < -0.3 is 20.6 Å². The first-order chi connectivity index (χ1) is 12.4. The van der Waals surface area contributed by atoms with Crippen LogP contribution in [0.3, 0.4) is 0 Å². The van der Waals surface area contributed by atoms with Gasteiger partial charge in [0.1, 0.15) is 0 Å². The minimum absolute atomic E-state index is 0.0595. The number of aliphatic hydroxyl groups is 1. The summed E-state index contributed by atoms with van der Waals surface area (Å²) < 4.78 is 0. The second-order valence-corrected chi connectivity index (χ2v) is 7.92. The fraction of sp³-hybridized carbons (Fsp3) is 0.474. The number of nitrogens with zero attached hydrogens (tertiary/aromatic N) is 2. The van der Waals surface area contributed by atoms with E-state index in [4.69, 9.17) is 0 Å². The zero-order valence-electron chi connectivity index (χ0n) is 15.4. The number of rotatable bonds is 6. The van der Waals surface area contributed by atoms with Crippen molar-refractivity contribution in [2.45, 2.75) is 31.5 Å². The Labute approximate surface area is 158 Å². The number of nitrogens with one attached hydrogen (secondary N) is 2. The largest absolute Gasteiger partial charge is 0.392 e. The van der Waals surface area contributed by atoms with Gasteiger partial charge in [0.25, 0.3) is 0 Å². The Morgan fingerprint density at radius 2 is 2.15 bits per heavy atom. The highest BCUT2D eigenvalue weighted by Gasteiger charge is 2.29. The molecular formula is C19H26N4O2S. The molecular weight excluding hydrogens is 348 g/mol. The average molecular weight is 375 g/mol. The molecule has 3 N–H and O–H groups in total. The molecule has 26 heavy (non-hydrogen) atoms. The van der Waals surface area contributed by atoms with E-state index in [-0.39, 0.29) is 18.0 Å². The van der Waals surface area contributed by atoms with Gasteiger partial charge in [0, 0.05) is 13.1 Å². The molecule has 6 nitrogen and oxygen atoms in total. The molecule has 3 atom stereocenters. The SMILES string of the molecule is Cc1ncsc1-c1ccc([C@H](CN(C)C)NC(=O)C2CC(O)CN2)cc1. The minimum Gasteiger partial charge on any atom is -0.392 e. The number of thiazole rings is 1. The Hall–Kier alpha value is -1.80. The van der Waals surface area contributed by atoms with Crippen LogP contribution >= 0.6 is 11.3 Å². The molecule has 7 heteroatoms. The summed E-state index contributed by atoms with van der Waals surface area (Å²) in [6.07, 6.45) is 0.0179. The van der Waals surface area contributed by atoms with Crippen molar-refractivity contribution in [2.75, 3.05) is 27.2 Å². The van der Waals surface area contributed by atoms with Gasteiger partial charge in [-0.2, -0.15) is 0 Å². The lowest BCUT2D eigenvalue weighted by atomic mass is 10.0. The maximum atomic E-state index is 12.5. The van der Waals surface area contributed by atoms with Crippen molar-refractivity contribution in [1.29, 1.82) is 0 Å². The molecule has 0 saturated carbocycles. The quantitative estimate of drug-likeness (QED) is 0.715. The number of hydrogen-bond acceptors (Lipinski definition) is 6. The summed E-state index contributed by atoms with van der Waals surface area (Å²) in [4.78, 5) is 20.1. The van der Waals surface area contributed by atoms with E-state index >= 15 is 0 Å². The van der Waals surface area contributed by atoms with Crippen molar-refractivity contribution in [2.24, 2.45) is 0 Å². The number of aromatic nitrogens is 1. The number of likely N-dealkylation sites (N-methyl/N-ethyl adjacent to an activating group) is 1. The second-order valence-electron chi connectivity index (χ2n) is 7.06. The number of aliphatic hydroxyl groups excluding tert-OH is 1. The second kappa shape index (κ2) is 8.26. The third-order valence-corrected chi connectivity index (χ3v) is 5.59. The molecule has 1 amide bonds. The number of hydrogen-bond donors (Lipinski definition) is 3. The van der Waals surface area contributed by atoms with E-state index in [2.05, 4.69) is 44.8 Å². The number of amides is 1. The Balaban J connectivity index is 1.74. The maximum absolute atomic E-state index is 12.5. The molecule has 0 aliphatic carbocycles. The number of carbonyl (C=O) groups excluding carboxylic acids is 1. The first kappa shape index (κ1) is 19.0. The highest BCUT2D eigenvalue weighted by atomic mass is 32.1. The van der Waals surface area contributed by atoms with Crippen molar-refractivity contribution in [3.63, 3.8) is 0 Å². The summed E-state index contributed by atoms with van der Waals surface area (Å²) in [6, 6.07) is 7.88. The fourth-order valence-electron chi connectivity index (χ4n) is 3.23. The molecule has 1 saturated heterocycles. The van der Waals surface area contributed by atoms with E-state index in [0.717, 1.165) is 16.8 Å². The Kier molecular flexibility index (Phi) is 6.03. The van der Waals surface area contributed by atoms with E-state index in [0.29, 0.717) is 19.5 Å². The number of benzene rings is 1.